The molecule has 3 nitrogen and oxygen atoms in total. The smallest absolute Gasteiger partial charge is 0.100 e. The van der Waals surface area contributed by atoms with Crippen molar-refractivity contribution in [3.8, 4) is 0 Å². The molecule has 0 aromatic carbocycles. The molecule has 0 radical (unpaired) electrons. The maximum absolute atomic E-state index is 13.7. The van der Waals surface area contributed by atoms with E-state index in [1.807, 2.05) is 0 Å². The number of hydrogen-bond acceptors (Lipinski definition) is 3. The maximum Gasteiger partial charge on any atom is 0.100 e. The second-order valence-corrected chi connectivity index (χ2v) is 11.7. The summed E-state index contributed by atoms with van der Waals surface area (Å²) in [5.41, 5.74) is 0. The SMILES string of the molecule is FC1CCC(C(OCCN2CCN(CCCC3CCCCC3)CC2)C2CCC(F)CC2)CC1. The number of halogens is 2. The van der Waals surface area contributed by atoms with E-state index >= 15 is 0 Å². The number of piperazine rings is 1. The van der Waals surface area contributed by atoms with Gasteiger partial charge in [0.2, 0.25) is 0 Å². The molecule has 4 aliphatic rings. The number of nitrogens with zero attached hydrogens (tertiary/aromatic N) is 2. The molecule has 0 amide bonds. The van der Waals surface area contributed by atoms with Crippen LogP contribution in [0, 0.1) is 17.8 Å². The topological polar surface area (TPSA) is 15.7 Å². The minimum Gasteiger partial charge on any atom is -0.376 e. The molecule has 3 saturated carbocycles. The summed E-state index contributed by atoms with van der Waals surface area (Å²) in [4.78, 5) is 5.22. The van der Waals surface area contributed by atoms with Gasteiger partial charge in [-0.3, -0.25) is 4.90 Å². The normalized spacial score (nSPS) is 34.4. The predicted molar refractivity (Wildman–Crippen MR) is 132 cm³/mol. The third-order valence-electron chi connectivity index (χ3n) is 9.33. The van der Waals surface area contributed by atoms with Crippen LogP contribution in [0.1, 0.15) is 96.3 Å². The Hall–Kier alpha value is -0.260. The summed E-state index contributed by atoms with van der Waals surface area (Å²) in [5, 5.41) is 0. The Balaban J connectivity index is 1.13. The maximum atomic E-state index is 13.7. The predicted octanol–water partition coefficient (Wildman–Crippen LogP) is 6.41. The molecule has 4 fully saturated rings. The van der Waals surface area contributed by atoms with Gasteiger partial charge in [-0.05, 0) is 88.5 Å². The molecule has 1 heterocycles. The first-order valence-corrected chi connectivity index (χ1v) is 14.5. The summed E-state index contributed by atoms with van der Waals surface area (Å²) < 4.78 is 34.0. The highest BCUT2D eigenvalue weighted by Gasteiger charge is 2.35. The van der Waals surface area contributed by atoms with Crippen molar-refractivity contribution in [3.63, 3.8) is 0 Å². The molecule has 4 rings (SSSR count). The van der Waals surface area contributed by atoms with Crippen LogP contribution in [-0.2, 0) is 4.74 Å². The van der Waals surface area contributed by atoms with E-state index in [9.17, 15) is 8.78 Å². The van der Waals surface area contributed by atoms with Crippen LogP contribution in [0.15, 0.2) is 0 Å². The van der Waals surface area contributed by atoms with E-state index in [-0.39, 0.29) is 6.10 Å². The Kier molecular flexibility index (Phi) is 10.7. The van der Waals surface area contributed by atoms with Gasteiger partial charge in [-0.25, -0.2) is 8.78 Å². The van der Waals surface area contributed by atoms with Crippen molar-refractivity contribution < 1.29 is 13.5 Å². The molecule has 33 heavy (non-hydrogen) atoms. The summed E-state index contributed by atoms with van der Waals surface area (Å²) in [6, 6.07) is 0. The van der Waals surface area contributed by atoms with Crippen LogP contribution in [0.2, 0.25) is 0 Å². The lowest BCUT2D eigenvalue weighted by atomic mass is 9.74. The first-order chi connectivity index (χ1) is 16.2. The molecule has 0 N–H and O–H groups in total. The highest BCUT2D eigenvalue weighted by Crippen LogP contribution is 2.38. The Labute approximate surface area is 202 Å². The molecule has 0 atom stereocenters. The molecule has 3 aliphatic carbocycles. The molecule has 5 heteroatoms. The van der Waals surface area contributed by atoms with Gasteiger partial charge in [0.05, 0.1) is 12.7 Å². The molecule has 0 bridgehead atoms. The quantitative estimate of drug-likeness (QED) is 0.369. The Morgan fingerprint density at radius 1 is 0.636 bits per heavy atom. The van der Waals surface area contributed by atoms with Gasteiger partial charge >= 0.3 is 0 Å². The number of alkyl halides is 2. The highest BCUT2D eigenvalue weighted by molar-refractivity contribution is 4.86. The van der Waals surface area contributed by atoms with Crippen LogP contribution in [0.25, 0.3) is 0 Å². The van der Waals surface area contributed by atoms with Crippen LogP contribution < -0.4 is 0 Å². The van der Waals surface area contributed by atoms with Crippen LogP contribution in [-0.4, -0.2) is 74.1 Å². The molecular weight excluding hydrogens is 418 g/mol. The lowest BCUT2D eigenvalue weighted by Gasteiger charge is -2.39. The van der Waals surface area contributed by atoms with Gasteiger partial charge in [-0.1, -0.05) is 32.1 Å². The zero-order valence-corrected chi connectivity index (χ0v) is 21.1. The average Bonchev–Trinajstić information content (AvgIpc) is 2.85. The van der Waals surface area contributed by atoms with Crippen LogP contribution in [0.4, 0.5) is 8.78 Å². The van der Waals surface area contributed by atoms with Crippen molar-refractivity contribution in [1.29, 1.82) is 0 Å². The van der Waals surface area contributed by atoms with E-state index in [0.29, 0.717) is 37.5 Å². The van der Waals surface area contributed by atoms with Crippen LogP contribution in [0.5, 0.6) is 0 Å². The minimum atomic E-state index is -0.623. The molecule has 0 unspecified atom stereocenters. The van der Waals surface area contributed by atoms with Crippen LogP contribution in [0.3, 0.4) is 0 Å². The van der Waals surface area contributed by atoms with Gasteiger partial charge in [-0.15, -0.1) is 0 Å². The average molecular weight is 469 g/mol. The standard InChI is InChI=1S/C28H50F2N2O/c29-26-12-8-24(9-13-26)28(25-10-14-27(30)15-11-25)33-22-21-32-19-17-31(18-20-32)16-4-7-23-5-2-1-3-6-23/h23-28H,1-22H2. The highest BCUT2D eigenvalue weighted by atomic mass is 19.1. The molecule has 0 aromatic heterocycles. The van der Waals surface area contributed by atoms with Crippen molar-refractivity contribution in [2.24, 2.45) is 17.8 Å². The molecule has 1 saturated heterocycles. The Morgan fingerprint density at radius 3 is 1.70 bits per heavy atom. The van der Waals surface area contributed by atoms with Crippen molar-refractivity contribution in [2.75, 3.05) is 45.9 Å². The van der Waals surface area contributed by atoms with Crippen molar-refractivity contribution in [2.45, 2.75) is 115 Å². The van der Waals surface area contributed by atoms with Crippen molar-refractivity contribution in [3.05, 3.63) is 0 Å². The number of rotatable bonds is 10. The van der Waals surface area contributed by atoms with E-state index < -0.39 is 12.3 Å². The van der Waals surface area contributed by atoms with Crippen molar-refractivity contribution >= 4 is 0 Å². The summed E-state index contributed by atoms with van der Waals surface area (Å²) >= 11 is 0. The fourth-order valence-corrected chi connectivity index (χ4v) is 7.10. The van der Waals surface area contributed by atoms with Gasteiger partial charge in [0.25, 0.3) is 0 Å². The Bertz CT molecular complexity index is 498. The van der Waals surface area contributed by atoms with Gasteiger partial charge in [0, 0.05) is 32.7 Å². The fourth-order valence-electron chi connectivity index (χ4n) is 7.10. The zero-order valence-electron chi connectivity index (χ0n) is 21.1. The van der Waals surface area contributed by atoms with E-state index in [2.05, 4.69) is 9.80 Å². The van der Waals surface area contributed by atoms with Gasteiger partial charge in [-0.2, -0.15) is 0 Å². The van der Waals surface area contributed by atoms with E-state index in [4.69, 9.17) is 4.74 Å². The largest absolute Gasteiger partial charge is 0.376 e. The molecule has 0 spiro atoms. The lowest BCUT2D eigenvalue weighted by Crippen LogP contribution is -2.48. The lowest BCUT2D eigenvalue weighted by molar-refractivity contribution is -0.0625. The third kappa shape index (κ3) is 8.42. The van der Waals surface area contributed by atoms with Crippen molar-refractivity contribution in [1.82, 2.24) is 9.80 Å². The molecular formula is C28H50F2N2O. The first-order valence-electron chi connectivity index (χ1n) is 14.5. The Morgan fingerprint density at radius 2 is 1.15 bits per heavy atom. The van der Waals surface area contributed by atoms with Gasteiger partial charge < -0.3 is 9.64 Å². The summed E-state index contributed by atoms with van der Waals surface area (Å²) in [5.74, 6) is 1.95. The monoisotopic (exact) mass is 468 g/mol. The van der Waals surface area contributed by atoms with Gasteiger partial charge in [0.15, 0.2) is 0 Å². The van der Waals surface area contributed by atoms with Crippen LogP contribution >= 0.6 is 0 Å². The summed E-state index contributed by atoms with van der Waals surface area (Å²) in [6.07, 6.45) is 15.6. The summed E-state index contributed by atoms with van der Waals surface area (Å²) in [6.45, 7) is 7.73. The van der Waals surface area contributed by atoms with E-state index in [0.717, 1.165) is 57.8 Å². The fraction of sp³-hybridized carbons (Fsp3) is 1.00. The molecule has 192 valence electrons. The number of ether oxygens (including phenoxy) is 1. The second-order valence-electron chi connectivity index (χ2n) is 11.7. The minimum absolute atomic E-state index is 0.214. The first kappa shape index (κ1) is 25.8. The van der Waals surface area contributed by atoms with E-state index in [1.54, 1.807) is 0 Å². The summed E-state index contributed by atoms with van der Waals surface area (Å²) in [7, 11) is 0. The number of hydrogen-bond donors (Lipinski definition) is 0. The molecule has 1 aliphatic heterocycles. The van der Waals surface area contributed by atoms with Gasteiger partial charge in [0.1, 0.15) is 12.3 Å². The molecule has 0 aromatic rings. The second kappa shape index (κ2) is 13.7. The zero-order chi connectivity index (χ0) is 22.9. The third-order valence-corrected chi connectivity index (χ3v) is 9.33. The van der Waals surface area contributed by atoms with E-state index in [1.165, 1.54) is 64.6 Å².